The van der Waals surface area contributed by atoms with Gasteiger partial charge in [-0.25, -0.2) is 0 Å². The van der Waals surface area contributed by atoms with Gasteiger partial charge in [0.2, 0.25) is 0 Å². The molecular weight excluding hydrogens is 238 g/mol. The van der Waals surface area contributed by atoms with Gasteiger partial charge in [-0.2, -0.15) is 0 Å². The van der Waals surface area contributed by atoms with Crippen molar-refractivity contribution in [3.05, 3.63) is 11.8 Å². The number of nitrogens with zero attached hydrogens (tertiary/aromatic N) is 3. The quantitative estimate of drug-likeness (QED) is 0.389. The summed E-state index contributed by atoms with van der Waals surface area (Å²) in [5.41, 5.74) is 0.925. The lowest BCUT2D eigenvalue weighted by atomic mass is 10.3. The van der Waals surface area contributed by atoms with E-state index in [1.165, 1.54) is 12.8 Å². The molecule has 0 radical (unpaired) electrons. The highest BCUT2D eigenvalue weighted by atomic mass is 15.2. The van der Waals surface area contributed by atoms with E-state index >= 15 is 0 Å². The van der Waals surface area contributed by atoms with E-state index in [0.29, 0.717) is 0 Å². The van der Waals surface area contributed by atoms with Gasteiger partial charge < -0.3 is 15.5 Å². The number of hydrogen-bond donors (Lipinski definition) is 2. The monoisotopic (exact) mass is 265 g/mol. The molecule has 1 heterocycles. The van der Waals surface area contributed by atoms with E-state index in [4.69, 9.17) is 0 Å². The molecule has 0 aromatic carbocycles. The van der Waals surface area contributed by atoms with Crippen molar-refractivity contribution >= 4 is 12.6 Å². The second-order valence-electron chi connectivity index (χ2n) is 4.73. The zero-order valence-corrected chi connectivity index (χ0v) is 12.3. The summed E-state index contributed by atoms with van der Waals surface area (Å²) in [6, 6.07) is 0. The maximum Gasteiger partial charge on any atom is 0.125 e. The molecule has 0 spiro atoms. The Labute approximate surface area is 116 Å². The van der Waals surface area contributed by atoms with Gasteiger partial charge in [0.25, 0.3) is 0 Å². The minimum Gasteiger partial charge on any atom is -0.357 e. The molecule has 1 aliphatic rings. The summed E-state index contributed by atoms with van der Waals surface area (Å²) in [5.74, 6) is 1.05. The Bertz CT molecular complexity index is 316. The van der Waals surface area contributed by atoms with Crippen molar-refractivity contribution in [2.45, 2.75) is 19.8 Å². The predicted molar refractivity (Wildman–Crippen MR) is 83.2 cm³/mol. The van der Waals surface area contributed by atoms with Crippen LogP contribution in [0.4, 0.5) is 0 Å². The Morgan fingerprint density at radius 3 is 2.63 bits per heavy atom. The first-order valence-electron chi connectivity index (χ1n) is 7.07. The number of likely N-dealkylation sites (tertiary alicyclic amines) is 1. The van der Waals surface area contributed by atoms with Gasteiger partial charge in [-0.3, -0.25) is 9.98 Å². The normalized spacial score (nSPS) is 17.1. The summed E-state index contributed by atoms with van der Waals surface area (Å²) < 4.78 is 0. The second kappa shape index (κ2) is 9.69. The first-order chi connectivity index (χ1) is 9.27. The highest BCUT2D eigenvalue weighted by Crippen LogP contribution is 2.10. The Hall–Kier alpha value is -1.20. The molecule has 19 heavy (non-hydrogen) atoms. The van der Waals surface area contributed by atoms with Gasteiger partial charge in [-0.05, 0) is 33.5 Å². The van der Waals surface area contributed by atoms with Crippen LogP contribution in [0.5, 0.6) is 0 Å². The SMILES string of the molecule is C=N/C(C)=C\C(=NCCNCCNC)N1CCCC1. The first-order valence-corrected chi connectivity index (χ1v) is 7.07. The Kier molecular flexibility index (Phi) is 8.09. The van der Waals surface area contributed by atoms with Crippen LogP contribution in [-0.4, -0.2) is 63.8 Å². The molecule has 1 rings (SSSR count). The van der Waals surface area contributed by atoms with Crippen molar-refractivity contribution in [3.8, 4) is 0 Å². The lowest BCUT2D eigenvalue weighted by Crippen LogP contribution is -2.29. The molecule has 0 aliphatic carbocycles. The zero-order chi connectivity index (χ0) is 13.9. The van der Waals surface area contributed by atoms with Crippen LogP contribution in [-0.2, 0) is 0 Å². The molecule has 0 bridgehead atoms. The molecular formula is C14H27N5. The predicted octanol–water partition coefficient (Wildman–Crippen LogP) is 0.894. The van der Waals surface area contributed by atoms with Gasteiger partial charge in [-0.15, -0.1) is 0 Å². The smallest absolute Gasteiger partial charge is 0.125 e. The van der Waals surface area contributed by atoms with Crippen LogP contribution in [0, 0.1) is 0 Å². The molecule has 108 valence electrons. The summed E-state index contributed by atoms with van der Waals surface area (Å²) >= 11 is 0. The van der Waals surface area contributed by atoms with E-state index in [-0.39, 0.29) is 0 Å². The summed E-state index contributed by atoms with van der Waals surface area (Å²) in [6.45, 7) is 11.4. The van der Waals surface area contributed by atoms with Crippen LogP contribution in [0.25, 0.3) is 0 Å². The molecule has 0 saturated carbocycles. The van der Waals surface area contributed by atoms with Crippen molar-refractivity contribution in [2.75, 3.05) is 46.3 Å². The van der Waals surface area contributed by atoms with Crippen LogP contribution in [0.1, 0.15) is 19.8 Å². The molecule has 2 N–H and O–H groups in total. The van der Waals surface area contributed by atoms with Crippen LogP contribution in [0.3, 0.4) is 0 Å². The van der Waals surface area contributed by atoms with Crippen molar-refractivity contribution in [2.24, 2.45) is 9.98 Å². The fourth-order valence-electron chi connectivity index (χ4n) is 2.00. The summed E-state index contributed by atoms with van der Waals surface area (Å²) in [4.78, 5) is 11.0. The fraction of sp³-hybridized carbons (Fsp3) is 0.714. The molecule has 5 heteroatoms. The summed E-state index contributed by atoms with van der Waals surface area (Å²) in [5, 5.41) is 6.47. The Balaban J connectivity index is 2.45. The van der Waals surface area contributed by atoms with Gasteiger partial charge in [0.15, 0.2) is 0 Å². The molecule has 1 fully saturated rings. The standard InChI is InChI=1S/C14H27N5/c1-13(16-3)12-14(19-10-4-5-11-19)18-9-8-17-7-6-15-2/h12,15,17H,3-11H2,1-2H3/b13-12-,18-14?. The third kappa shape index (κ3) is 6.50. The van der Waals surface area contributed by atoms with Crippen LogP contribution >= 0.6 is 0 Å². The van der Waals surface area contributed by atoms with E-state index in [0.717, 1.165) is 50.8 Å². The number of rotatable bonds is 8. The number of nitrogens with one attached hydrogen (secondary N) is 2. The lowest BCUT2D eigenvalue weighted by molar-refractivity contribution is 0.518. The van der Waals surface area contributed by atoms with Crippen LogP contribution in [0.15, 0.2) is 21.8 Å². The van der Waals surface area contributed by atoms with Crippen molar-refractivity contribution < 1.29 is 0 Å². The maximum atomic E-state index is 4.69. The number of allylic oxidation sites excluding steroid dienone is 1. The molecule has 0 atom stereocenters. The highest BCUT2D eigenvalue weighted by molar-refractivity contribution is 5.93. The molecule has 0 aromatic heterocycles. The molecule has 0 amide bonds. The fourth-order valence-corrected chi connectivity index (χ4v) is 2.00. The molecule has 1 saturated heterocycles. The highest BCUT2D eigenvalue weighted by Gasteiger charge is 2.14. The van der Waals surface area contributed by atoms with E-state index in [9.17, 15) is 0 Å². The van der Waals surface area contributed by atoms with Gasteiger partial charge >= 0.3 is 0 Å². The Morgan fingerprint density at radius 1 is 1.26 bits per heavy atom. The average molecular weight is 265 g/mol. The third-order valence-corrected chi connectivity index (χ3v) is 3.13. The van der Waals surface area contributed by atoms with Gasteiger partial charge in [0.1, 0.15) is 5.84 Å². The van der Waals surface area contributed by atoms with E-state index in [1.54, 1.807) is 0 Å². The topological polar surface area (TPSA) is 52.0 Å². The molecule has 1 aliphatic heterocycles. The third-order valence-electron chi connectivity index (χ3n) is 3.13. The number of amidine groups is 1. The number of hydrogen-bond acceptors (Lipinski definition) is 4. The number of likely N-dealkylation sites (N-methyl/N-ethyl adjacent to an activating group) is 1. The van der Waals surface area contributed by atoms with E-state index < -0.39 is 0 Å². The maximum absolute atomic E-state index is 4.69. The molecule has 5 nitrogen and oxygen atoms in total. The Morgan fingerprint density at radius 2 is 2.00 bits per heavy atom. The van der Waals surface area contributed by atoms with Crippen molar-refractivity contribution in [1.29, 1.82) is 0 Å². The molecule has 0 aromatic rings. The number of aliphatic imine (C=N–C) groups is 2. The van der Waals surface area contributed by atoms with Crippen LogP contribution in [0.2, 0.25) is 0 Å². The van der Waals surface area contributed by atoms with Gasteiger partial charge in [-0.1, -0.05) is 0 Å². The van der Waals surface area contributed by atoms with E-state index in [1.807, 2.05) is 20.0 Å². The van der Waals surface area contributed by atoms with Gasteiger partial charge in [0, 0.05) is 44.5 Å². The van der Waals surface area contributed by atoms with Gasteiger partial charge in [0.05, 0.1) is 6.54 Å². The second-order valence-corrected chi connectivity index (χ2v) is 4.73. The molecule has 0 unspecified atom stereocenters. The average Bonchev–Trinajstić information content (AvgIpc) is 2.95. The first kappa shape index (κ1) is 15.9. The van der Waals surface area contributed by atoms with Crippen LogP contribution < -0.4 is 10.6 Å². The minimum atomic E-state index is 0.802. The zero-order valence-electron chi connectivity index (χ0n) is 12.3. The summed E-state index contributed by atoms with van der Waals surface area (Å²) in [7, 11) is 1.96. The van der Waals surface area contributed by atoms with E-state index in [2.05, 4.69) is 32.2 Å². The summed E-state index contributed by atoms with van der Waals surface area (Å²) in [6.07, 6.45) is 4.55. The minimum absolute atomic E-state index is 0.802. The lowest BCUT2D eigenvalue weighted by Gasteiger charge is -2.18. The van der Waals surface area contributed by atoms with Crippen molar-refractivity contribution in [3.63, 3.8) is 0 Å². The van der Waals surface area contributed by atoms with Crippen molar-refractivity contribution in [1.82, 2.24) is 15.5 Å². The largest absolute Gasteiger partial charge is 0.357 e.